The molecule has 1 N–H and O–H groups in total. The zero-order chi connectivity index (χ0) is 12.3. The molecule has 0 amide bonds. The van der Waals surface area contributed by atoms with Crippen LogP contribution in [0.25, 0.3) is 0 Å². The lowest BCUT2D eigenvalue weighted by atomic mass is 10.2. The molecule has 0 saturated carbocycles. The van der Waals surface area contributed by atoms with Gasteiger partial charge in [0.2, 0.25) is 0 Å². The van der Waals surface area contributed by atoms with Gasteiger partial charge in [-0.1, -0.05) is 23.7 Å². The monoisotopic (exact) mass is 252 g/mol. The second-order valence-corrected chi connectivity index (χ2v) is 3.93. The third kappa shape index (κ3) is 2.88. The zero-order valence-electron chi connectivity index (χ0n) is 8.86. The number of phenolic OH excluding ortho intramolecular Hbond substituents is 1. The highest BCUT2D eigenvalue weighted by atomic mass is 35.5. The maximum absolute atomic E-state index is 13.4. The Labute approximate surface area is 103 Å². The molecule has 0 aliphatic carbocycles. The first-order chi connectivity index (χ1) is 8.16. The van der Waals surface area contributed by atoms with Gasteiger partial charge in [-0.25, -0.2) is 4.39 Å². The molecule has 2 aromatic rings. The summed E-state index contributed by atoms with van der Waals surface area (Å²) in [5.41, 5.74) is 0.348. The van der Waals surface area contributed by atoms with Crippen molar-refractivity contribution in [1.29, 1.82) is 0 Å². The molecule has 17 heavy (non-hydrogen) atoms. The van der Waals surface area contributed by atoms with Crippen LogP contribution in [0, 0.1) is 5.82 Å². The molecule has 0 bridgehead atoms. The summed E-state index contributed by atoms with van der Waals surface area (Å²) >= 11 is 5.76. The smallest absolute Gasteiger partial charge is 0.161 e. The van der Waals surface area contributed by atoms with Gasteiger partial charge in [0.1, 0.15) is 12.4 Å². The third-order valence-electron chi connectivity index (χ3n) is 2.26. The van der Waals surface area contributed by atoms with Crippen molar-refractivity contribution in [3.05, 3.63) is 58.9 Å². The largest absolute Gasteiger partial charge is 0.504 e. The molecule has 2 rings (SSSR count). The quantitative estimate of drug-likeness (QED) is 0.901. The molecular formula is C13H10ClFO2. The van der Waals surface area contributed by atoms with Crippen LogP contribution in [-0.2, 0) is 6.61 Å². The lowest BCUT2D eigenvalue weighted by Crippen LogP contribution is -1.98. The van der Waals surface area contributed by atoms with E-state index in [4.69, 9.17) is 16.3 Å². The van der Waals surface area contributed by atoms with Gasteiger partial charge in [0, 0.05) is 10.6 Å². The summed E-state index contributed by atoms with van der Waals surface area (Å²) in [6, 6.07) is 10.8. The molecule has 0 heterocycles. The predicted molar refractivity (Wildman–Crippen MR) is 63.8 cm³/mol. The minimum Gasteiger partial charge on any atom is -0.504 e. The Hall–Kier alpha value is -1.74. The second kappa shape index (κ2) is 5.06. The molecule has 88 valence electrons. The van der Waals surface area contributed by atoms with Crippen LogP contribution in [0.15, 0.2) is 42.5 Å². The van der Waals surface area contributed by atoms with E-state index < -0.39 is 0 Å². The van der Waals surface area contributed by atoms with Gasteiger partial charge in [-0.05, 0) is 30.3 Å². The zero-order valence-corrected chi connectivity index (χ0v) is 9.62. The van der Waals surface area contributed by atoms with Gasteiger partial charge in [-0.15, -0.1) is 0 Å². The molecule has 0 unspecified atom stereocenters. The van der Waals surface area contributed by atoms with Crippen LogP contribution in [0.5, 0.6) is 11.5 Å². The topological polar surface area (TPSA) is 29.5 Å². The maximum atomic E-state index is 13.4. The number of halogens is 2. The first kappa shape index (κ1) is 11.7. The summed E-state index contributed by atoms with van der Waals surface area (Å²) in [5, 5.41) is 9.91. The minimum absolute atomic E-state index is 0.0178. The minimum atomic E-state index is -0.384. The van der Waals surface area contributed by atoms with Gasteiger partial charge < -0.3 is 9.84 Å². The summed E-state index contributed by atoms with van der Waals surface area (Å²) in [7, 11) is 0. The van der Waals surface area contributed by atoms with Gasteiger partial charge >= 0.3 is 0 Å². The van der Waals surface area contributed by atoms with Gasteiger partial charge in [-0.2, -0.15) is 0 Å². The predicted octanol–water partition coefficient (Wildman–Crippen LogP) is 3.76. The van der Waals surface area contributed by atoms with Crippen molar-refractivity contribution >= 4 is 11.6 Å². The lowest BCUT2D eigenvalue weighted by Gasteiger charge is -2.08. The number of ether oxygens (including phenoxy) is 1. The van der Waals surface area contributed by atoms with Crippen LogP contribution < -0.4 is 4.74 Å². The fourth-order valence-corrected chi connectivity index (χ4v) is 1.58. The highest BCUT2D eigenvalue weighted by Crippen LogP contribution is 2.26. The van der Waals surface area contributed by atoms with Crippen LogP contribution in [0.2, 0.25) is 5.02 Å². The molecule has 2 nitrogen and oxygen atoms in total. The number of phenols is 1. The number of hydrogen-bond acceptors (Lipinski definition) is 2. The number of benzene rings is 2. The molecule has 0 aliphatic heterocycles. The van der Waals surface area contributed by atoms with Crippen molar-refractivity contribution in [2.45, 2.75) is 6.61 Å². The first-order valence-corrected chi connectivity index (χ1v) is 5.39. The van der Waals surface area contributed by atoms with E-state index in [1.807, 2.05) is 0 Å². The van der Waals surface area contributed by atoms with E-state index in [0.29, 0.717) is 16.3 Å². The number of aromatic hydroxyl groups is 1. The average Bonchev–Trinajstić information content (AvgIpc) is 2.32. The number of hydrogen-bond donors (Lipinski definition) is 1. The highest BCUT2D eigenvalue weighted by molar-refractivity contribution is 6.30. The molecule has 4 heteroatoms. The fourth-order valence-electron chi connectivity index (χ4n) is 1.39. The fraction of sp³-hybridized carbons (Fsp3) is 0.0769. The summed E-state index contributed by atoms with van der Waals surface area (Å²) in [5.74, 6) is -0.0494. The molecule has 2 aromatic carbocycles. The van der Waals surface area contributed by atoms with Crippen molar-refractivity contribution in [2.24, 2.45) is 0 Å². The van der Waals surface area contributed by atoms with Crippen LogP contribution >= 0.6 is 11.6 Å². The maximum Gasteiger partial charge on any atom is 0.161 e. The lowest BCUT2D eigenvalue weighted by molar-refractivity contribution is 0.284. The van der Waals surface area contributed by atoms with E-state index in [2.05, 4.69) is 0 Å². The Bertz CT molecular complexity index is 529. The highest BCUT2D eigenvalue weighted by Gasteiger charge is 2.06. The third-order valence-corrected chi connectivity index (χ3v) is 2.49. The standard InChI is InChI=1S/C13H10ClFO2/c14-10-5-6-11(15)9(7-10)8-17-13-4-2-1-3-12(13)16/h1-7,16H,8H2. The Balaban J connectivity index is 2.12. The van der Waals surface area contributed by atoms with E-state index in [1.54, 1.807) is 18.2 Å². The molecule has 0 aromatic heterocycles. The molecule has 0 aliphatic rings. The van der Waals surface area contributed by atoms with Crippen LogP contribution in [0.4, 0.5) is 4.39 Å². The first-order valence-electron chi connectivity index (χ1n) is 5.01. The normalized spacial score (nSPS) is 10.2. The summed E-state index contributed by atoms with van der Waals surface area (Å²) < 4.78 is 18.7. The van der Waals surface area contributed by atoms with E-state index >= 15 is 0 Å². The Morgan fingerprint density at radius 3 is 2.71 bits per heavy atom. The molecule has 0 spiro atoms. The van der Waals surface area contributed by atoms with Crippen LogP contribution in [0.1, 0.15) is 5.56 Å². The van der Waals surface area contributed by atoms with Crippen LogP contribution in [0.3, 0.4) is 0 Å². The molecule has 0 fully saturated rings. The van der Waals surface area contributed by atoms with Crippen molar-refractivity contribution in [2.75, 3.05) is 0 Å². The number of para-hydroxylation sites is 2. The van der Waals surface area contributed by atoms with Gasteiger partial charge in [-0.3, -0.25) is 0 Å². The summed E-state index contributed by atoms with van der Waals surface area (Å²) in [6.07, 6.45) is 0. The summed E-state index contributed by atoms with van der Waals surface area (Å²) in [6.45, 7) is 0.0178. The Kier molecular flexibility index (Phi) is 3.49. The number of rotatable bonds is 3. The van der Waals surface area contributed by atoms with E-state index in [1.165, 1.54) is 24.3 Å². The molecule has 0 atom stereocenters. The van der Waals surface area contributed by atoms with Crippen molar-refractivity contribution in [3.8, 4) is 11.5 Å². The average molecular weight is 253 g/mol. The van der Waals surface area contributed by atoms with E-state index in [9.17, 15) is 9.50 Å². The van der Waals surface area contributed by atoms with Crippen molar-refractivity contribution < 1.29 is 14.2 Å². The Morgan fingerprint density at radius 2 is 1.94 bits per heavy atom. The molecule has 0 radical (unpaired) electrons. The van der Waals surface area contributed by atoms with Crippen molar-refractivity contribution in [1.82, 2.24) is 0 Å². The Morgan fingerprint density at radius 1 is 1.18 bits per heavy atom. The summed E-state index contributed by atoms with van der Waals surface area (Å²) in [4.78, 5) is 0. The van der Waals surface area contributed by atoms with Crippen molar-refractivity contribution in [3.63, 3.8) is 0 Å². The van der Waals surface area contributed by atoms with Gasteiger partial charge in [0.15, 0.2) is 11.5 Å². The van der Waals surface area contributed by atoms with Gasteiger partial charge in [0.25, 0.3) is 0 Å². The van der Waals surface area contributed by atoms with Gasteiger partial charge in [0.05, 0.1) is 0 Å². The van der Waals surface area contributed by atoms with E-state index in [-0.39, 0.29) is 18.2 Å². The van der Waals surface area contributed by atoms with E-state index in [0.717, 1.165) is 0 Å². The molecular weight excluding hydrogens is 243 g/mol. The molecule has 0 saturated heterocycles. The van der Waals surface area contributed by atoms with Crippen LogP contribution in [-0.4, -0.2) is 5.11 Å². The second-order valence-electron chi connectivity index (χ2n) is 3.49. The SMILES string of the molecule is Oc1ccccc1OCc1cc(Cl)ccc1F.